The minimum Gasteiger partial charge on any atom is -0.391 e. The molecule has 3 N–H and O–H groups in total. The summed E-state index contributed by atoms with van der Waals surface area (Å²) in [6, 6.07) is 3.78. The van der Waals surface area contributed by atoms with Crippen LogP contribution in [-0.4, -0.2) is 53.6 Å². The Morgan fingerprint density at radius 2 is 1.96 bits per heavy atom. The number of aliphatic hydroxyl groups excluding tert-OH is 1. The van der Waals surface area contributed by atoms with E-state index in [9.17, 15) is 27.9 Å². The molecular weight excluding hydrogens is 375 g/mol. The van der Waals surface area contributed by atoms with E-state index in [0.717, 1.165) is 31.5 Å². The molecule has 0 aliphatic carbocycles. The van der Waals surface area contributed by atoms with Gasteiger partial charge in [-0.2, -0.15) is 13.2 Å². The summed E-state index contributed by atoms with van der Waals surface area (Å²) in [6.45, 7) is 1.60. The number of hydrogen-bond donors (Lipinski definition) is 3. The van der Waals surface area contributed by atoms with Crippen LogP contribution in [0.25, 0.3) is 0 Å². The molecular formula is C19H24F3N3O3. The molecule has 1 aromatic carbocycles. The summed E-state index contributed by atoms with van der Waals surface area (Å²) in [5.41, 5.74) is -0.228. The van der Waals surface area contributed by atoms with Gasteiger partial charge in [0.2, 0.25) is 11.8 Å². The number of β-amino-alcohol motifs (C(OH)–C–C–N with tert-alkyl or cyclic N) is 1. The number of carbonyl (C=O) groups excluding carboxylic acids is 2. The largest absolute Gasteiger partial charge is 0.416 e. The van der Waals surface area contributed by atoms with Crippen LogP contribution in [0.3, 0.4) is 0 Å². The summed E-state index contributed by atoms with van der Waals surface area (Å²) in [4.78, 5) is 26.8. The fraction of sp³-hybridized carbons (Fsp3) is 0.579. The first-order valence-electron chi connectivity index (χ1n) is 9.39. The van der Waals surface area contributed by atoms with Crippen molar-refractivity contribution in [2.45, 2.75) is 44.1 Å². The van der Waals surface area contributed by atoms with E-state index < -0.39 is 29.8 Å². The third kappa shape index (κ3) is 4.82. The van der Waals surface area contributed by atoms with Gasteiger partial charge in [0.15, 0.2) is 0 Å². The second kappa shape index (κ2) is 8.48. The molecule has 2 aliphatic heterocycles. The van der Waals surface area contributed by atoms with Crippen LogP contribution in [0.5, 0.6) is 0 Å². The van der Waals surface area contributed by atoms with Crippen LogP contribution in [0.2, 0.25) is 0 Å². The quantitative estimate of drug-likeness (QED) is 0.713. The molecule has 2 fully saturated rings. The molecule has 0 bridgehead atoms. The molecule has 28 heavy (non-hydrogen) atoms. The van der Waals surface area contributed by atoms with Gasteiger partial charge in [0, 0.05) is 26.1 Å². The van der Waals surface area contributed by atoms with Crippen LogP contribution in [0.1, 0.15) is 30.4 Å². The van der Waals surface area contributed by atoms with Crippen LogP contribution >= 0.6 is 0 Å². The monoisotopic (exact) mass is 399 g/mol. The van der Waals surface area contributed by atoms with Crippen molar-refractivity contribution in [2.75, 3.05) is 19.6 Å². The molecule has 1 unspecified atom stereocenters. The Morgan fingerprint density at radius 1 is 1.25 bits per heavy atom. The molecule has 9 heteroatoms. The van der Waals surface area contributed by atoms with Crippen LogP contribution < -0.4 is 10.6 Å². The number of amides is 2. The van der Waals surface area contributed by atoms with Crippen molar-refractivity contribution in [1.29, 1.82) is 0 Å². The number of hydrogen-bond acceptors (Lipinski definition) is 4. The van der Waals surface area contributed by atoms with Crippen molar-refractivity contribution in [3.63, 3.8) is 0 Å². The zero-order valence-corrected chi connectivity index (χ0v) is 15.3. The number of nitrogens with zero attached hydrogens (tertiary/aromatic N) is 1. The summed E-state index contributed by atoms with van der Waals surface area (Å²) in [6.07, 6.45) is -3.38. The van der Waals surface area contributed by atoms with Gasteiger partial charge < -0.3 is 20.6 Å². The van der Waals surface area contributed by atoms with Crippen LogP contribution in [-0.2, 0) is 22.3 Å². The summed E-state index contributed by atoms with van der Waals surface area (Å²) in [5.74, 6) is -0.753. The van der Waals surface area contributed by atoms with E-state index in [-0.39, 0.29) is 31.3 Å². The molecule has 2 aliphatic rings. The average molecular weight is 399 g/mol. The predicted molar refractivity (Wildman–Crippen MR) is 95.0 cm³/mol. The first kappa shape index (κ1) is 20.6. The normalized spacial score (nSPS) is 25.6. The number of nitrogens with one attached hydrogen (secondary N) is 2. The number of alkyl halides is 3. The van der Waals surface area contributed by atoms with Gasteiger partial charge in [-0.05, 0) is 37.1 Å². The highest BCUT2D eigenvalue weighted by Crippen LogP contribution is 2.29. The van der Waals surface area contributed by atoms with E-state index in [1.54, 1.807) is 0 Å². The van der Waals surface area contributed by atoms with Gasteiger partial charge in [-0.3, -0.25) is 9.59 Å². The SMILES string of the molecule is O=C(NCc1ccc(C(F)(F)F)cc1)[C@H]1C[C@@H](O)CN1C(=O)C1CCCNC1. The molecule has 154 valence electrons. The zero-order valence-electron chi connectivity index (χ0n) is 15.3. The molecule has 3 rings (SSSR count). The number of piperidine rings is 1. The van der Waals surface area contributed by atoms with Crippen LogP contribution in [0, 0.1) is 5.92 Å². The fourth-order valence-corrected chi connectivity index (χ4v) is 3.72. The van der Waals surface area contributed by atoms with Crippen molar-refractivity contribution in [1.82, 2.24) is 15.5 Å². The predicted octanol–water partition coefficient (Wildman–Crippen LogP) is 1.28. The first-order chi connectivity index (χ1) is 13.3. The maximum absolute atomic E-state index is 12.8. The maximum atomic E-state index is 12.8. The van der Waals surface area contributed by atoms with E-state index >= 15 is 0 Å². The Bertz CT molecular complexity index is 703. The molecule has 0 saturated carbocycles. The lowest BCUT2D eigenvalue weighted by Gasteiger charge is -2.30. The highest BCUT2D eigenvalue weighted by Gasteiger charge is 2.41. The molecule has 2 saturated heterocycles. The fourth-order valence-electron chi connectivity index (χ4n) is 3.72. The van der Waals surface area contributed by atoms with Crippen molar-refractivity contribution >= 4 is 11.8 Å². The van der Waals surface area contributed by atoms with Crippen molar-refractivity contribution in [2.24, 2.45) is 5.92 Å². The molecule has 0 aromatic heterocycles. The number of carbonyl (C=O) groups is 2. The average Bonchev–Trinajstić information content (AvgIpc) is 3.07. The van der Waals surface area contributed by atoms with Crippen LogP contribution in [0.15, 0.2) is 24.3 Å². The molecule has 6 nitrogen and oxygen atoms in total. The van der Waals surface area contributed by atoms with E-state index in [0.29, 0.717) is 12.1 Å². The van der Waals surface area contributed by atoms with Gasteiger partial charge >= 0.3 is 6.18 Å². The third-order valence-electron chi connectivity index (χ3n) is 5.26. The van der Waals surface area contributed by atoms with Crippen molar-refractivity contribution in [3.8, 4) is 0 Å². The van der Waals surface area contributed by atoms with E-state index in [1.165, 1.54) is 17.0 Å². The van der Waals surface area contributed by atoms with Crippen LogP contribution in [0.4, 0.5) is 13.2 Å². The van der Waals surface area contributed by atoms with Crippen molar-refractivity contribution in [3.05, 3.63) is 35.4 Å². The lowest BCUT2D eigenvalue weighted by atomic mass is 9.97. The lowest BCUT2D eigenvalue weighted by molar-refractivity contribution is -0.142. The van der Waals surface area contributed by atoms with Gasteiger partial charge in [0.05, 0.1) is 17.6 Å². The Kier molecular flexibility index (Phi) is 6.24. The van der Waals surface area contributed by atoms with E-state index in [4.69, 9.17) is 0 Å². The Hall–Kier alpha value is -2.13. The minimum absolute atomic E-state index is 0.0522. The highest BCUT2D eigenvalue weighted by molar-refractivity contribution is 5.89. The second-order valence-corrected chi connectivity index (χ2v) is 7.35. The number of aliphatic hydroxyl groups is 1. The Labute approximate surface area is 161 Å². The highest BCUT2D eigenvalue weighted by atomic mass is 19.4. The lowest BCUT2D eigenvalue weighted by Crippen LogP contribution is -2.50. The van der Waals surface area contributed by atoms with E-state index in [1.807, 2.05) is 0 Å². The van der Waals surface area contributed by atoms with E-state index in [2.05, 4.69) is 10.6 Å². The Morgan fingerprint density at radius 3 is 2.57 bits per heavy atom. The van der Waals surface area contributed by atoms with Gasteiger partial charge in [-0.1, -0.05) is 12.1 Å². The summed E-state index contributed by atoms with van der Waals surface area (Å²) in [7, 11) is 0. The van der Waals surface area contributed by atoms with Gasteiger partial charge in [0.25, 0.3) is 0 Å². The minimum atomic E-state index is -4.41. The molecule has 2 heterocycles. The number of rotatable bonds is 4. The number of benzene rings is 1. The smallest absolute Gasteiger partial charge is 0.391 e. The van der Waals surface area contributed by atoms with Gasteiger partial charge in [0.1, 0.15) is 6.04 Å². The topological polar surface area (TPSA) is 81.7 Å². The molecule has 0 radical (unpaired) electrons. The zero-order chi connectivity index (χ0) is 20.3. The molecule has 3 atom stereocenters. The Balaban J connectivity index is 1.59. The summed E-state index contributed by atoms with van der Waals surface area (Å²) >= 11 is 0. The second-order valence-electron chi connectivity index (χ2n) is 7.35. The number of likely N-dealkylation sites (tertiary alicyclic amines) is 1. The van der Waals surface area contributed by atoms with Crippen molar-refractivity contribution < 1.29 is 27.9 Å². The third-order valence-corrected chi connectivity index (χ3v) is 5.26. The summed E-state index contributed by atoms with van der Waals surface area (Å²) < 4.78 is 37.8. The number of halogens is 3. The molecule has 2 amide bonds. The molecule has 1 aromatic rings. The first-order valence-corrected chi connectivity index (χ1v) is 9.39. The standard InChI is InChI=1S/C19H24F3N3O3/c20-19(21,22)14-5-3-12(4-6-14)9-24-17(27)16-8-15(26)11-25(16)18(28)13-2-1-7-23-10-13/h3-6,13,15-16,23,26H,1-2,7-11H2,(H,24,27)/t13?,15-,16-/m1/s1. The maximum Gasteiger partial charge on any atom is 0.416 e. The van der Waals surface area contributed by atoms with Gasteiger partial charge in [-0.25, -0.2) is 0 Å². The summed E-state index contributed by atoms with van der Waals surface area (Å²) in [5, 5.41) is 15.8. The molecule has 0 spiro atoms. The van der Waals surface area contributed by atoms with Gasteiger partial charge in [-0.15, -0.1) is 0 Å².